The van der Waals surface area contributed by atoms with Crippen molar-refractivity contribution in [2.24, 2.45) is 5.92 Å². The summed E-state index contributed by atoms with van der Waals surface area (Å²) in [6.07, 6.45) is 4.18. The Morgan fingerprint density at radius 3 is 2.69 bits per heavy atom. The number of halogens is 2. The average Bonchev–Trinajstić information content (AvgIpc) is 3.43. The van der Waals surface area contributed by atoms with Crippen LogP contribution in [0.1, 0.15) is 42.6 Å². The molecule has 1 aliphatic carbocycles. The van der Waals surface area contributed by atoms with E-state index in [0.717, 1.165) is 0 Å². The van der Waals surface area contributed by atoms with Gasteiger partial charge >= 0.3 is 0 Å². The van der Waals surface area contributed by atoms with Crippen LogP contribution in [0.3, 0.4) is 0 Å². The lowest BCUT2D eigenvalue weighted by Gasteiger charge is -2.27. The summed E-state index contributed by atoms with van der Waals surface area (Å²) < 4.78 is 5.31. The van der Waals surface area contributed by atoms with Crippen LogP contribution in [-0.4, -0.2) is 22.6 Å². The van der Waals surface area contributed by atoms with E-state index < -0.39 is 29.6 Å². The van der Waals surface area contributed by atoms with Crippen LogP contribution < -0.4 is 4.90 Å². The Morgan fingerprint density at radius 1 is 1.14 bits per heavy atom. The second-order valence-electron chi connectivity index (χ2n) is 9.14. The van der Waals surface area contributed by atoms with E-state index >= 15 is 0 Å². The van der Waals surface area contributed by atoms with Gasteiger partial charge < -0.3 is 14.4 Å². The van der Waals surface area contributed by atoms with Gasteiger partial charge in [0, 0.05) is 22.0 Å². The number of nitrogens with zero attached hydrogens (tertiary/aromatic N) is 1. The molecule has 0 bridgehead atoms. The van der Waals surface area contributed by atoms with Crippen LogP contribution in [0.15, 0.2) is 70.9 Å². The van der Waals surface area contributed by atoms with E-state index in [4.69, 9.17) is 27.6 Å². The zero-order chi connectivity index (χ0) is 25.4. The molecular formula is C28H23Cl2NO5. The standard InChI is InChI=1S/C28H23Cl2NO5/c29-19-10-11-24-22(14-19)28(35,27(34)31(24)16-18-5-1-2-9-23(18)30)15-25(32)21-8-3-6-17(26(21)33)13-20-7-4-12-36-20/h1-2,4-5,7,9-14,21,35H,3,6,8,15-16H2/b17-13-/t21-,28+/m0/s1. The van der Waals surface area contributed by atoms with Gasteiger partial charge in [0.2, 0.25) is 0 Å². The van der Waals surface area contributed by atoms with E-state index in [9.17, 15) is 19.5 Å². The first kappa shape index (κ1) is 24.5. The molecule has 2 aromatic carbocycles. The first-order valence-corrected chi connectivity index (χ1v) is 12.4. The zero-order valence-electron chi connectivity index (χ0n) is 19.2. The van der Waals surface area contributed by atoms with Gasteiger partial charge in [0.25, 0.3) is 5.91 Å². The summed E-state index contributed by atoms with van der Waals surface area (Å²) in [5.74, 6) is -1.82. The van der Waals surface area contributed by atoms with Gasteiger partial charge in [0.05, 0.1) is 24.4 Å². The highest BCUT2D eigenvalue weighted by Gasteiger charge is 2.52. The van der Waals surface area contributed by atoms with Crippen molar-refractivity contribution >= 4 is 52.4 Å². The number of hydrogen-bond donors (Lipinski definition) is 1. The largest absolute Gasteiger partial charge is 0.465 e. The van der Waals surface area contributed by atoms with Crippen LogP contribution in [0.4, 0.5) is 5.69 Å². The summed E-state index contributed by atoms with van der Waals surface area (Å²) >= 11 is 12.5. The molecule has 0 unspecified atom stereocenters. The summed E-state index contributed by atoms with van der Waals surface area (Å²) in [5, 5.41) is 12.5. The third kappa shape index (κ3) is 4.41. The summed E-state index contributed by atoms with van der Waals surface area (Å²) in [6.45, 7) is 0.113. The van der Waals surface area contributed by atoms with Gasteiger partial charge in [0.15, 0.2) is 11.4 Å². The van der Waals surface area contributed by atoms with Gasteiger partial charge in [-0.1, -0.05) is 41.4 Å². The number of Topliss-reactive ketones (excluding diaryl/α,β-unsaturated/α-hetero) is 2. The number of allylic oxidation sites excluding steroid dienone is 1. The summed E-state index contributed by atoms with van der Waals surface area (Å²) in [6, 6.07) is 15.3. The van der Waals surface area contributed by atoms with Crippen LogP contribution >= 0.6 is 23.2 Å². The number of carbonyl (C=O) groups is 3. The Bertz CT molecular complexity index is 1380. The Morgan fingerprint density at radius 2 is 1.94 bits per heavy atom. The first-order chi connectivity index (χ1) is 17.3. The van der Waals surface area contributed by atoms with Gasteiger partial charge in [-0.15, -0.1) is 0 Å². The molecule has 1 amide bonds. The summed E-state index contributed by atoms with van der Waals surface area (Å²) in [5.41, 5.74) is -0.244. The molecular weight excluding hydrogens is 501 g/mol. The van der Waals surface area contributed by atoms with Gasteiger partial charge in [-0.25, -0.2) is 0 Å². The maximum atomic E-state index is 13.6. The van der Waals surface area contributed by atoms with Crippen molar-refractivity contribution in [1.82, 2.24) is 0 Å². The highest BCUT2D eigenvalue weighted by molar-refractivity contribution is 6.31. The smallest absolute Gasteiger partial charge is 0.264 e. The molecule has 5 rings (SSSR count). The molecule has 1 saturated carbocycles. The van der Waals surface area contributed by atoms with Gasteiger partial charge in [-0.3, -0.25) is 14.4 Å². The number of aliphatic hydroxyl groups is 1. The Labute approximate surface area is 218 Å². The SMILES string of the molecule is O=C(C[C@]1(O)C(=O)N(Cc2ccccc2Cl)c2ccc(Cl)cc21)[C@@H]1CCC/C(=C/c2ccco2)C1=O. The molecule has 2 atom stereocenters. The molecule has 0 saturated heterocycles. The highest BCUT2D eigenvalue weighted by Crippen LogP contribution is 2.45. The maximum absolute atomic E-state index is 13.6. The van der Waals surface area contributed by atoms with Crippen LogP contribution in [-0.2, 0) is 26.5 Å². The van der Waals surface area contributed by atoms with Crippen molar-refractivity contribution in [3.05, 3.63) is 93.4 Å². The second kappa shape index (κ2) is 9.69. The minimum Gasteiger partial charge on any atom is -0.465 e. The first-order valence-electron chi connectivity index (χ1n) is 11.7. The normalized spacial score (nSPS) is 22.8. The maximum Gasteiger partial charge on any atom is 0.264 e. The van der Waals surface area contributed by atoms with Gasteiger partial charge in [0.1, 0.15) is 11.5 Å². The van der Waals surface area contributed by atoms with Crippen molar-refractivity contribution in [2.45, 2.75) is 37.8 Å². The number of carbonyl (C=O) groups excluding carboxylic acids is 3. The van der Waals surface area contributed by atoms with E-state index in [0.29, 0.717) is 51.9 Å². The molecule has 0 spiro atoms. The fraction of sp³-hybridized carbons (Fsp3) is 0.250. The van der Waals surface area contributed by atoms with Crippen LogP contribution in [0.2, 0.25) is 10.0 Å². The fourth-order valence-corrected chi connectivity index (χ4v) is 5.36. The molecule has 1 aliphatic heterocycles. The van der Waals surface area contributed by atoms with E-state index in [1.54, 1.807) is 48.5 Å². The summed E-state index contributed by atoms with van der Waals surface area (Å²) in [4.78, 5) is 41.6. The number of fused-ring (bicyclic) bond motifs is 1. The van der Waals surface area contributed by atoms with Crippen molar-refractivity contribution in [2.75, 3.05) is 4.90 Å². The average molecular weight is 524 g/mol. The zero-order valence-corrected chi connectivity index (χ0v) is 20.8. The monoisotopic (exact) mass is 523 g/mol. The lowest BCUT2D eigenvalue weighted by Crippen LogP contribution is -2.43. The highest BCUT2D eigenvalue weighted by atomic mass is 35.5. The lowest BCUT2D eigenvalue weighted by molar-refractivity contribution is -0.145. The number of ketones is 2. The Hall–Kier alpha value is -3.19. The lowest BCUT2D eigenvalue weighted by atomic mass is 9.77. The van der Waals surface area contributed by atoms with Crippen molar-refractivity contribution in [3.63, 3.8) is 0 Å². The van der Waals surface area contributed by atoms with Gasteiger partial charge in [-0.05, 0) is 72.9 Å². The molecule has 1 N–H and O–H groups in total. The van der Waals surface area contributed by atoms with Crippen LogP contribution in [0, 0.1) is 5.92 Å². The molecule has 36 heavy (non-hydrogen) atoms. The minimum absolute atomic E-state index is 0.113. The van der Waals surface area contributed by atoms with E-state index in [-0.39, 0.29) is 17.9 Å². The van der Waals surface area contributed by atoms with Crippen molar-refractivity contribution in [3.8, 4) is 0 Å². The van der Waals surface area contributed by atoms with E-state index in [2.05, 4.69) is 0 Å². The second-order valence-corrected chi connectivity index (χ2v) is 9.99. The number of amides is 1. The van der Waals surface area contributed by atoms with Crippen molar-refractivity contribution < 1.29 is 23.9 Å². The molecule has 0 radical (unpaired) electrons. The van der Waals surface area contributed by atoms with Gasteiger partial charge in [-0.2, -0.15) is 0 Å². The molecule has 1 aromatic heterocycles. The van der Waals surface area contributed by atoms with Crippen molar-refractivity contribution in [1.29, 1.82) is 0 Å². The number of benzene rings is 2. The molecule has 2 aliphatic rings. The number of rotatable bonds is 6. The molecule has 184 valence electrons. The molecule has 2 heterocycles. The topological polar surface area (TPSA) is 87.8 Å². The van der Waals surface area contributed by atoms with E-state index in [1.165, 1.54) is 17.2 Å². The third-order valence-electron chi connectivity index (χ3n) is 6.83. The molecule has 6 nitrogen and oxygen atoms in total. The summed E-state index contributed by atoms with van der Waals surface area (Å²) in [7, 11) is 0. The number of furan rings is 1. The predicted molar refractivity (Wildman–Crippen MR) is 137 cm³/mol. The van der Waals surface area contributed by atoms with Crippen LogP contribution in [0.5, 0.6) is 0 Å². The predicted octanol–water partition coefficient (Wildman–Crippen LogP) is 5.73. The molecule has 1 fully saturated rings. The Balaban J connectivity index is 1.44. The quantitative estimate of drug-likeness (QED) is 0.329. The fourth-order valence-electron chi connectivity index (χ4n) is 4.99. The Kier molecular flexibility index (Phi) is 6.60. The third-order valence-corrected chi connectivity index (χ3v) is 7.43. The molecule has 3 aromatic rings. The molecule has 8 heteroatoms. The number of hydrogen-bond acceptors (Lipinski definition) is 5. The van der Waals surface area contributed by atoms with E-state index in [1.807, 2.05) is 6.07 Å². The van der Waals surface area contributed by atoms with Crippen LogP contribution in [0.25, 0.3) is 6.08 Å². The number of anilines is 1. The minimum atomic E-state index is -2.14.